The normalized spacial score (nSPS) is 21.2. The van der Waals surface area contributed by atoms with Gasteiger partial charge in [0.2, 0.25) is 11.8 Å². The number of imide groups is 1. The third kappa shape index (κ3) is 3.47. The number of sulfone groups is 1. The van der Waals surface area contributed by atoms with E-state index in [0.717, 1.165) is 18.2 Å². The molecule has 0 saturated carbocycles. The van der Waals surface area contributed by atoms with Crippen molar-refractivity contribution in [3.05, 3.63) is 59.4 Å². The predicted molar refractivity (Wildman–Crippen MR) is 109 cm³/mol. The smallest absolute Gasteiger partial charge is 0.325 e. The second-order valence-electron chi connectivity index (χ2n) is 7.43. The van der Waals surface area contributed by atoms with Crippen LogP contribution in [0.4, 0.5) is 14.9 Å². The van der Waals surface area contributed by atoms with Crippen molar-refractivity contribution < 1.29 is 32.0 Å². The quantitative estimate of drug-likeness (QED) is 0.445. The minimum absolute atomic E-state index is 0.160. The van der Waals surface area contributed by atoms with E-state index < -0.39 is 57.2 Å². The largest absolute Gasteiger partial charge is 0.366 e. The Morgan fingerprint density at radius 2 is 1.84 bits per heavy atom. The van der Waals surface area contributed by atoms with Crippen molar-refractivity contribution in [1.82, 2.24) is 10.2 Å². The van der Waals surface area contributed by atoms with Gasteiger partial charge in [-0.25, -0.2) is 17.6 Å². The van der Waals surface area contributed by atoms with Gasteiger partial charge < -0.3 is 16.4 Å². The molecule has 4 N–H and O–H groups in total. The fourth-order valence-corrected chi connectivity index (χ4v) is 5.46. The molecule has 2 aliphatic heterocycles. The van der Waals surface area contributed by atoms with Crippen LogP contribution in [0.15, 0.2) is 47.4 Å². The van der Waals surface area contributed by atoms with Crippen LogP contribution >= 0.6 is 0 Å². The van der Waals surface area contributed by atoms with Crippen molar-refractivity contribution in [1.29, 1.82) is 0 Å². The van der Waals surface area contributed by atoms with Crippen LogP contribution in [-0.2, 0) is 25.0 Å². The number of anilines is 1. The first-order valence-corrected chi connectivity index (χ1v) is 11.1. The summed E-state index contributed by atoms with van der Waals surface area (Å²) in [5, 5.41) is 4.94. The Morgan fingerprint density at radius 1 is 1.16 bits per heavy atom. The number of carbonyl (C=O) groups is 4. The van der Waals surface area contributed by atoms with E-state index in [2.05, 4.69) is 10.6 Å². The zero-order valence-corrected chi connectivity index (χ0v) is 17.2. The Kier molecular flexibility index (Phi) is 4.96. The molecule has 12 heteroatoms. The van der Waals surface area contributed by atoms with Crippen molar-refractivity contribution in [2.24, 2.45) is 5.73 Å². The lowest BCUT2D eigenvalue weighted by molar-refractivity contribution is -0.134. The van der Waals surface area contributed by atoms with Gasteiger partial charge in [0, 0.05) is 16.8 Å². The number of rotatable bonds is 4. The van der Waals surface area contributed by atoms with E-state index in [1.807, 2.05) is 0 Å². The summed E-state index contributed by atoms with van der Waals surface area (Å²) < 4.78 is 38.7. The summed E-state index contributed by atoms with van der Waals surface area (Å²) in [5.74, 6) is -3.38. The molecule has 2 aromatic carbocycles. The second-order valence-corrected chi connectivity index (χ2v) is 9.50. The average Bonchev–Trinajstić information content (AvgIpc) is 2.96. The molecular weight excluding hydrogens is 443 g/mol. The Labute approximate surface area is 181 Å². The van der Waals surface area contributed by atoms with Crippen molar-refractivity contribution in [2.45, 2.75) is 16.9 Å². The SMILES string of the molecule is NC(=O)c1ccc(NC(=O)CN2C(=O)NC3(CCS(=O)(=O)c4ccc(F)cc43)C2=O)cc1. The molecule has 2 aromatic rings. The molecule has 1 fully saturated rings. The molecule has 1 saturated heterocycles. The van der Waals surface area contributed by atoms with Gasteiger partial charge in [-0.15, -0.1) is 0 Å². The third-order valence-corrected chi connectivity index (χ3v) is 7.18. The van der Waals surface area contributed by atoms with Crippen molar-refractivity contribution in [3.8, 4) is 0 Å². The van der Waals surface area contributed by atoms with Gasteiger partial charge in [-0.05, 0) is 48.9 Å². The van der Waals surface area contributed by atoms with E-state index in [9.17, 15) is 32.0 Å². The molecule has 32 heavy (non-hydrogen) atoms. The summed E-state index contributed by atoms with van der Waals surface area (Å²) in [6.07, 6.45) is -0.289. The maximum atomic E-state index is 13.9. The number of nitrogens with zero attached hydrogens (tertiary/aromatic N) is 1. The van der Waals surface area contributed by atoms with Crippen molar-refractivity contribution >= 4 is 39.3 Å². The molecular formula is C20H17FN4O6S. The molecule has 2 aliphatic rings. The number of halogens is 1. The highest BCUT2D eigenvalue weighted by Gasteiger charge is 2.56. The van der Waals surface area contributed by atoms with E-state index in [1.54, 1.807) is 0 Å². The highest BCUT2D eigenvalue weighted by molar-refractivity contribution is 7.91. The van der Waals surface area contributed by atoms with Gasteiger partial charge in [-0.1, -0.05) is 0 Å². The number of benzene rings is 2. The van der Waals surface area contributed by atoms with Gasteiger partial charge in [-0.2, -0.15) is 0 Å². The first-order chi connectivity index (χ1) is 15.0. The first kappa shape index (κ1) is 21.4. The fraction of sp³-hybridized carbons (Fsp3) is 0.200. The van der Waals surface area contributed by atoms with E-state index in [0.29, 0.717) is 10.6 Å². The molecule has 5 amide bonds. The number of hydrogen-bond acceptors (Lipinski definition) is 6. The molecule has 1 spiro atoms. The van der Waals surface area contributed by atoms with Gasteiger partial charge in [-0.3, -0.25) is 19.3 Å². The van der Waals surface area contributed by atoms with Crippen LogP contribution in [0.2, 0.25) is 0 Å². The molecule has 0 bridgehead atoms. The Morgan fingerprint density at radius 3 is 2.50 bits per heavy atom. The third-order valence-electron chi connectivity index (χ3n) is 5.41. The molecule has 2 heterocycles. The molecule has 4 rings (SSSR count). The average molecular weight is 460 g/mol. The van der Waals surface area contributed by atoms with Gasteiger partial charge in [0.25, 0.3) is 5.91 Å². The fourth-order valence-electron chi connectivity index (χ4n) is 3.82. The van der Waals surface area contributed by atoms with Gasteiger partial charge >= 0.3 is 6.03 Å². The summed E-state index contributed by atoms with van der Waals surface area (Å²) >= 11 is 0. The van der Waals surface area contributed by atoms with Crippen LogP contribution < -0.4 is 16.4 Å². The summed E-state index contributed by atoms with van der Waals surface area (Å²) in [5.41, 5.74) is 3.76. The summed E-state index contributed by atoms with van der Waals surface area (Å²) in [7, 11) is -3.75. The second kappa shape index (κ2) is 7.41. The maximum Gasteiger partial charge on any atom is 0.325 e. The number of fused-ring (bicyclic) bond motifs is 2. The van der Waals surface area contributed by atoms with Crippen LogP contribution in [0, 0.1) is 5.82 Å². The number of hydrogen-bond donors (Lipinski definition) is 3. The minimum Gasteiger partial charge on any atom is -0.366 e. The summed E-state index contributed by atoms with van der Waals surface area (Å²) in [6, 6.07) is 7.68. The molecule has 0 aliphatic carbocycles. The number of primary amides is 1. The number of carbonyl (C=O) groups excluding carboxylic acids is 4. The maximum absolute atomic E-state index is 13.9. The lowest BCUT2D eigenvalue weighted by Gasteiger charge is -2.32. The van der Waals surface area contributed by atoms with Crippen LogP contribution in [0.25, 0.3) is 0 Å². The van der Waals surface area contributed by atoms with Crippen LogP contribution in [0.1, 0.15) is 22.3 Å². The highest BCUT2D eigenvalue weighted by atomic mass is 32.2. The molecule has 1 unspecified atom stereocenters. The van der Waals surface area contributed by atoms with E-state index in [-0.39, 0.29) is 22.4 Å². The van der Waals surface area contributed by atoms with Gasteiger partial charge in [0.15, 0.2) is 9.84 Å². The Hall–Kier alpha value is -3.80. The lowest BCUT2D eigenvalue weighted by Crippen LogP contribution is -2.49. The number of nitrogens with one attached hydrogen (secondary N) is 2. The number of nitrogens with two attached hydrogens (primary N) is 1. The van der Waals surface area contributed by atoms with Crippen molar-refractivity contribution in [3.63, 3.8) is 0 Å². The van der Waals surface area contributed by atoms with Crippen LogP contribution in [0.5, 0.6) is 0 Å². The Bertz CT molecular complexity index is 1280. The molecule has 166 valence electrons. The zero-order chi connectivity index (χ0) is 23.3. The van der Waals surface area contributed by atoms with Gasteiger partial charge in [0.1, 0.15) is 17.9 Å². The Balaban J connectivity index is 1.58. The summed E-state index contributed by atoms with van der Waals surface area (Å²) in [4.78, 5) is 49.7. The highest BCUT2D eigenvalue weighted by Crippen LogP contribution is 2.41. The number of amides is 5. The van der Waals surface area contributed by atoms with Crippen molar-refractivity contribution in [2.75, 3.05) is 17.6 Å². The molecule has 0 aromatic heterocycles. The van der Waals surface area contributed by atoms with Crippen LogP contribution in [0.3, 0.4) is 0 Å². The van der Waals surface area contributed by atoms with E-state index in [1.165, 1.54) is 24.3 Å². The number of urea groups is 1. The van der Waals surface area contributed by atoms with E-state index in [4.69, 9.17) is 5.73 Å². The minimum atomic E-state index is -3.75. The monoisotopic (exact) mass is 460 g/mol. The molecule has 0 radical (unpaired) electrons. The first-order valence-electron chi connectivity index (χ1n) is 9.40. The zero-order valence-electron chi connectivity index (χ0n) is 16.4. The predicted octanol–water partition coefficient (Wildman–Crippen LogP) is 0.488. The topological polar surface area (TPSA) is 156 Å². The lowest BCUT2D eigenvalue weighted by atomic mass is 9.86. The molecule has 1 atom stereocenters. The summed E-state index contributed by atoms with van der Waals surface area (Å²) in [6.45, 7) is -0.651. The van der Waals surface area contributed by atoms with E-state index >= 15 is 0 Å². The van der Waals surface area contributed by atoms with Gasteiger partial charge in [0.05, 0.1) is 10.6 Å². The standard InChI is InChI=1S/C20H17FN4O6S/c21-12-3-6-15-14(9-12)20(7-8-32(15,30)31)18(28)25(19(29)24-20)10-16(26)23-13-4-1-11(2-5-13)17(22)27/h1-6,9H,7-8,10H2,(H2,22,27)(H,23,26)(H,24,29). The molecule has 10 nitrogen and oxygen atoms in total. The van der Waals surface area contributed by atoms with Crippen LogP contribution in [-0.4, -0.2) is 49.4 Å².